The summed E-state index contributed by atoms with van der Waals surface area (Å²) >= 11 is 0. The molecule has 0 saturated carbocycles. The summed E-state index contributed by atoms with van der Waals surface area (Å²) in [7, 11) is 0. The topological polar surface area (TPSA) is 87.1 Å². The first-order chi connectivity index (χ1) is 11.3. The predicted octanol–water partition coefficient (Wildman–Crippen LogP) is 2.51. The fourth-order valence-electron chi connectivity index (χ4n) is 1.72. The Labute approximate surface area is 142 Å². The lowest BCUT2D eigenvalue weighted by Gasteiger charge is -2.18. The molecule has 132 valence electrons. The van der Waals surface area contributed by atoms with E-state index in [0.717, 1.165) is 25.4 Å². The fraction of sp³-hybridized carbons (Fsp3) is 0.333. The Morgan fingerprint density at radius 3 is 2.04 bits per heavy atom. The Kier molecular flexibility index (Phi) is 10.6. The third-order valence-corrected chi connectivity index (χ3v) is 3.11. The Morgan fingerprint density at radius 2 is 1.62 bits per heavy atom. The van der Waals surface area contributed by atoms with Gasteiger partial charge in [-0.2, -0.15) is 0 Å². The Morgan fingerprint density at radius 1 is 1.08 bits per heavy atom. The van der Waals surface area contributed by atoms with Gasteiger partial charge in [0.1, 0.15) is 12.4 Å². The van der Waals surface area contributed by atoms with Crippen molar-refractivity contribution in [3.63, 3.8) is 0 Å². The number of ether oxygens (including phenoxy) is 1. The highest BCUT2D eigenvalue weighted by molar-refractivity contribution is 6.27. The Bertz CT molecular complexity index is 547. The molecule has 0 heterocycles. The number of rotatable bonds is 8. The molecule has 1 aromatic carbocycles. The number of hydrogen-bond donors (Lipinski definition) is 2. The van der Waals surface area contributed by atoms with Crippen molar-refractivity contribution in [2.75, 3.05) is 26.2 Å². The van der Waals surface area contributed by atoms with Crippen LogP contribution in [0.1, 0.15) is 11.1 Å². The largest absolute Gasteiger partial charge is 0.492 e. The molecule has 6 nitrogen and oxygen atoms in total. The highest BCUT2D eigenvalue weighted by Gasteiger charge is 2.04. The molecular formula is C18H25NO5. The number of carbonyl (C=O) groups is 2. The van der Waals surface area contributed by atoms with Crippen LogP contribution in [0.25, 0.3) is 0 Å². The number of carboxylic acids is 2. The van der Waals surface area contributed by atoms with Crippen LogP contribution in [-0.2, 0) is 9.59 Å². The molecule has 2 N–H and O–H groups in total. The molecule has 0 saturated heterocycles. The average Bonchev–Trinajstić information content (AvgIpc) is 2.52. The number of nitrogens with zero attached hydrogens (tertiary/aromatic N) is 1. The summed E-state index contributed by atoms with van der Waals surface area (Å²) in [5.41, 5.74) is 2.56. The van der Waals surface area contributed by atoms with Gasteiger partial charge in [0.25, 0.3) is 0 Å². The van der Waals surface area contributed by atoms with Crippen LogP contribution in [0, 0.1) is 13.8 Å². The first-order valence-corrected chi connectivity index (χ1v) is 7.42. The molecule has 0 fully saturated rings. The van der Waals surface area contributed by atoms with Gasteiger partial charge in [0.05, 0.1) is 0 Å². The second-order valence-electron chi connectivity index (χ2n) is 5.04. The smallest absolute Gasteiger partial charge is 0.414 e. The van der Waals surface area contributed by atoms with Crippen LogP contribution in [0.5, 0.6) is 5.75 Å². The van der Waals surface area contributed by atoms with Crippen LogP contribution >= 0.6 is 0 Å². The molecular weight excluding hydrogens is 310 g/mol. The summed E-state index contributed by atoms with van der Waals surface area (Å²) in [6.07, 6.45) is 3.80. The minimum atomic E-state index is -1.82. The van der Waals surface area contributed by atoms with Crippen molar-refractivity contribution in [2.45, 2.75) is 13.8 Å². The predicted molar refractivity (Wildman–Crippen MR) is 93.5 cm³/mol. The van der Waals surface area contributed by atoms with E-state index in [1.807, 2.05) is 18.2 Å². The molecule has 0 unspecified atom stereocenters. The molecule has 6 heteroatoms. The number of benzene rings is 1. The van der Waals surface area contributed by atoms with Gasteiger partial charge in [-0.15, -0.1) is 13.2 Å². The van der Waals surface area contributed by atoms with Crippen LogP contribution in [-0.4, -0.2) is 53.3 Å². The van der Waals surface area contributed by atoms with E-state index in [9.17, 15) is 0 Å². The third kappa shape index (κ3) is 9.42. The molecule has 0 amide bonds. The molecule has 1 rings (SSSR count). The van der Waals surface area contributed by atoms with Crippen molar-refractivity contribution < 1.29 is 24.5 Å². The van der Waals surface area contributed by atoms with Gasteiger partial charge in [0, 0.05) is 19.6 Å². The molecule has 0 radical (unpaired) electrons. The first kappa shape index (κ1) is 21.4. The molecule has 0 aromatic heterocycles. The molecule has 0 aliphatic heterocycles. The lowest BCUT2D eigenvalue weighted by molar-refractivity contribution is -0.159. The van der Waals surface area contributed by atoms with Gasteiger partial charge in [0.2, 0.25) is 0 Å². The number of hydrogen-bond acceptors (Lipinski definition) is 4. The van der Waals surface area contributed by atoms with E-state index >= 15 is 0 Å². The van der Waals surface area contributed by atoms with E-state index in [-0.39, 0.29) is 0 Å². The van der Waals surface area contributed by atoms with Gasteiger partial charge in [-0.05, 0) is 37.1 Å². The highest BCUT2D eigenvalue weighted by atomic mass is 16.5. The molecule has 24 heavy (non-hydrogen) atoms. The van der Waals surface area contributed by atoms with Gasteiger partial charge in [-0.1, -0.05) is 18.2 Å². The monoisotopic (exact) mass is 335 g/mol. The number of aryl methyl sites for hydroxylation is 2. The van der Waals surface area contributed by atoms with Gasteiger partial charge in [0.15, 0.2) is 0 Å². The van der Waals surface area contributed by atoms with E-state index in [0.29, 0.717) is 6.61 Å². The summed E-state index contributed by atoms with van der Waals surface area (Å²) in [6, 6.07) is 6.20. The van der Waals surface area contributed by atoms with Crippen molar-refractivity contribution in [2.24, 2.45) is 0 Å². The van der Waals surface area contributed by atoms with Crippen molar-refractivity contribution in [1.82, 2.24) is 4.90 Å². The standard InChI is InChI=1S/C16H23NO.C2H2O4/c1-5-9-17(10-6-2)11-12-18-16-8-7-14(3)15(4)13-16;3-1(4)2(5)6/h5-8,13H,1-2,9-12H2,3-4H3;(H,3,4)(H,5,6). The Balaban J connectivity index is 0.000000754. The van der Waals surface area contributed by atoms with E-state index in [1.54, 1.807) is 0 Å². The van der Waals surface area contributed by atoms with E-state index < -0.39 is 11.9 Å². The highest BCUT2D eigenvalue weighted by Crippen LogP contribution is 2.16. The van der Waals surface area contributed by atoms with Crippen LogP contribution in [0.3, 0.4) is 0 Å². The number of carboxylic acid groups (broad SMARTS) is 2. The fourth-order valence-corrected chi connectivity index (χ4v) is 1.72. The second kappa shape index (κ2) is 11.9. The van der Waals surface area contributed by atoms with E-state index in [4.69, 9.17) is 24.5 Å². The summed E-state index contributed by atoms with van der Waals surface area (Å²) < 4.78 is 5.75. The van der Waals surface area contributed by atoms with Crippen molar-refractivity contribution >= 4 is 11.9 Å². The first-order valence-electron chi connectivity index (χ1n) is 7.42. The van der Waals surface area contributed by atoms with E-state index in [2.05, 4.69) is 44.0 Å². The molecule has 1 aromatic rings. The second-order valence-corrected chi connectivity index (χ2v) is 5.04. The zero-order chi connectivity index (χ0) is 18.5. The zero-order valence-electron chi connectivity index (χ0n) is 14.2. The normalized spacial score (nSPS) is 9.62. The van der Waals surface area contributed by atoms with Crippen molar-refractivity contribution in [3.8, 4) is 5.75 Å². The molecule has 0 spiro atoms. The minimum absolute atomic E-state index is 0.685. The maximum Gasteiger partial charge on any atom is 0.414 e. The minimum Gasteiger partial charge on any atom is -0.492 e. The quantitative estimate of drug-likeness (QED) is 0.561. The maximum absolute atomic E-state index is 9.10. The molecule has 0 atom stereocenters. The maximum atomic E-state index is 9.10. The third-order valence-electron chi connectivity index (χ3n) is 3.11. The van der Waals surface area contributed by atoms with Crippen LogP contribution in [0.15, 0.2) is 43.5 Å². The average molecular weight is 335 g/mol. The summed E-state index contributed by atoms with van der Waals surface area (Å²) in [5.74, 6) is -2.71. The van der Waals surface area contributed by atoms with Gasteiger partial charge in [-0.25, -0.2) is 9.59 Å². The number of aliphatic carboxylic acids is 2. The lowest BCUT2D eigenvalue weighted by atomic mass is 10.1. The molecule has 0 bridgehead atoms. The van der Waals surface area contributed by atoms with Crippen LogP contribution in [0.2, 0.25) is 0 Å². The summed E-state index contributed by atoms with van der Waals surface area (Å²) in [6.45, 7) is 15.0. The van der Waals surface area contributed by atoms with Crippen LogP contribution in [0.4, 0.5) is 0 Å². The lowest BCUT2D eigenvalue weighted by Crippen LogP contribution is -2.28. The Hall–Kier alpha value is -2.60. The van der Waals surface area contributed by atoms with Crippen molar-refractivity contribution in [1.29, 1.82) is 0 Å². The molecule has 0 aliphatic rings. The van der Waals surface area contributed by atoms with Gasteiger partial charge < -0.3 is 14.9 Å². The molecule has 0 aliphatic carbocycles. The van der Waals surface area contributed by atoms with Gasteiger partial charge >= 0.3 is 11.9 Å². The summed E-state index contributed by atoms with van der Waals surface area (Å²) in [4.78, 5) is 20.4. The summed E-state index contributed by atoms with van der Waals surface area (Å²) in [5, 5.41) is 14.8. The van der Waals surface area contributed by atoms with Gasteiger partial charge in [-0.3, -0.25) is 4.90 Å². The van der Waals surface area contributed by atoms with Crippen molar-refractivity contribution in [3.05, 3.63) is 54.6 Å². The van der Waals surface area contributed by atoms with Crippen LogP contribution < -0.4 is 4.74 Å². The van der Waals surface area contributed by atoms with E-state index in [1.165, 1.54) is 11.1 Å². The zero-order valence-corrected chi connectivity index (χ0v) is 14.2. The SMILES string of the molecule is C=CCN(CC=C)CCOc1ccc(C)c(C)c1.O=C(O)C(=O)O.